The Labute approximate surface area is 165 Å². The monoisotopic (exact) mass is 399 g/mol. The Morgan fingerprint density at radius 3 is 2.39 bits per heavy atom. The number of amides is 2. The summed E-state index contributed by atoms with van der Waals surface area (Å²) in [6.07, 6.45) is 0. The number of hydrogen-bond donors (Lipinski definition) is 2. The van der Waals surface area contributed by atoms with Gasteiger partial charge in [-0.1, -0.05) is 54.1 Å². The quantitative estimate of drug-likeness (QED) is 0.651. The van der Waals surface area contributed by atoms with Gasteiger partial charge in [-0.05, 0) is 12.1 Å². The molecule has 0 radical (unpaired) electrons. The van der Waals surface area contributed by atoms with Gasteiger partial charge in [0.25, 0.3) is 0 Å². The highest BCUT2D eigenvalue weighted by atomic mass is 35.5. The second-order valence-electron chi connectivity index (χ2n) is 5.87. The van der Waals surface area contributed by atoms with Gasteiger partial charge in [0.05, 0.1) is 17.3 Å². The van der Waals surface area contributed by atoms with E-state index < -0.39 is 11.6 Å². The van der Waals surface area contributed by atoms with Crippen molar-refractivity contribution >= 4 is 23.4 Å². The largest absolute Gasteiger partial charge is 0.358 e. The Balaban J connectivity index is 2.02. The van der Waals surface area contributed by atoms with Crippen LogP contribution in [0.3, 0.4) is 0 Å². The van der Waals surface area contributed by atoms with E-state index >= 15 is 0 Å². The topological polar surface area (TPSA) is 98.0 Å². The van der Waals surface area contributed by atoms with Crippen LogP contribution in [0, 0.1) is 0 Å². The van der Waals surface area contributed by atoms with Gasteiger partial charge in [-0.3, -0.25) is 14.2 Å². The highest BCUT2D eigenvalue weighted by Gasteiger charge is 2.19. The van der Waals surface area contributed by atoms with Crippen molar-refractivity contribution in [3.8, 4) is 17.1 Å². The lowest BCUT2D eigenvalue weighted by Gasteiger charge is -2.07. The van der Waals surface area contributed by atoms with Crippen LogP contribution in [-0.4, -0.2) is 39.8 Å². The number of hydrogen-bond acceptors (Lipinski definition) is 4. The SMILES string of the molecule is CNC(=O)CNC(=O)Cn1c(-c2ccccc2)nn(-c2ccccc2Cl)c1=O. The first-order chi connectivity index (χ1) is 13.5. The number of likely N-dealkylation sites (N-methyl/N-ethyl adjacent to an activating group) is 1. The van der Waals surface area contributed by atoms with Gasteiger partial charge in [0, 0.05) is 12.6 Å². The van der Waals surface area contributed by atoms with Gasteiger partial charge < -0.3 is 10.6 Å². The fourth-order valence-corrected chi connectivity index (χ4v) is 2.80. The lowest BCUT2D eigenvalue weighted by molar-refractivity contribution is -0.126. The van der Waals surface area contributed by atoms with E-state index in [-0.39, 0.29) is 19.0 Å². The summed E-state index contributed by atoms with van der Waals surface area (Å²) < 4.78 is 2.41. The number of carbonyl (C=O) groups excluding carboxylic acids is 2. The van der Waals surface area contributed by atoms with Crippen molar-refractivity contribution < 1.29 is 9.59 Å². The Kier molecular flexibility index (Phi) is 5.90. The van der Waals surface area contributed by atoms with Gasteiger partial charge in [0.2, 0.25) is 11.8 Å². The smallest absolute Gasteiger partial charge is 0.351 e. The van der Waals surface area contributed by atoms with E-state index in [1.807, 2.05) is 18.2 Å². The molecule has 0 aliphatic carbocycles. The first-order valence-corrected chi connectivity index (χ1v) is 8.86. The maximum Gasteiger partial charge on any atom is 0.351 e. The third-order valence-corrected chi connectivity index (χ3v) is 4.32. The van der Waals surface area contributed by atoms with Crippen LogP contribution in [0.2, 0.25) is 5.02 Å². The number of nitrogens with zero attached hydrogens (tertiary/aromatic N) is 3. The van der Waals surface area contributed by atoms with Crippen LogP contribution < -0.4 is 16.3 Å². The van der Waals surface area contributed by atoms with Crippen molar-refractivity contribution in [2.75, 3.05) is 13.6 Å². The number of para-hydroxylation sites is 1. The van der Waals surface area contributed by atoms with E-state index in [1.54, 1.807) is 36.4 Å². The van der Waals surface area contributed by atoms with Crippen molar-refractivity contribution in [3.63, 3.8) is 0 Å². The first-order valence-electron chi connectivity index (χ1n) is 8.48. The summed E-state index contributed by atoms with van der Waals surface area (Å²) in [6, 6.07) is 15.8. The van der Waals surface area contributed by atoms with E-state index in [4.69, 9.17) is 11.6 Å². The number of nitrogens with one attached hydrogen (secondary N) is 2. The molecule has 0 fully saturated rings. The summed E-state index contributed by atoms with van der Waals surface area (Å²) in [5.74, 6) is -0.502. The molecule has 3 aromatic rings. The zero-order valence-corrected chi connectivity index (χ0v) is 15.8. The highest BCUT2D eigenvalue weighted by Crippen LogP contribution is 2.20. The van der Waals surface area contributed by atoms with Crippen LogP contribution in [0.4, 0.5) is 0 Å². The standard InChI is InChI=1S/C19H18ClN5O3/c1-21-16(26)11-22-17(27)12-24-18(13-7-3-2-4-8-13)23-25(19(24)28)15-10-6-5-9-14(15)20/h2-10H,11-12H2,1H3,(H,21,26)(H,22,27). The van der Waals surface area contributed by atoms with Gasteiger partial charge in [-0.25, -0.2) is 4.79 Å². The van der Waals surface area contributed by atoms with E-state index in [1.165, 1.54) is 11.6 Å². The van der Waals surface area contributed by atoms with Crippen molar-refractivity contribution in [3.05, 3.63) is 70.1 Å². The van der Waals surface area contributed by atoms with E-state index in [2.05, 4.69) is 15.7 Å². The lowest BCUT2D eigenvalue weighted by Crippen LogP contribution is -2.38. The Bertz CT molecular complexity index is 1060. The molecule has 3 rings (SSSR count). The molecule has 0 bridgehead atoms. The Morgan fingerprint density at radius 1 is 1.04 bits per heavy atom. The fraction of sp³-hybridized carbons (Fsp3) is 0.158. The zero-order valence-electron chi connectivity index (χ0n) is 15.1. The van der Waals surface area contributed by atoms with Crippen molar-refractivity contribution in [2.24, 2.45) is 0 Å². The number of halogens is 1. The molecule has 0 saturated carbocycles. The predicted molar refractivity (Wildman–Crippen MR) is 105 cm³/mol. The summed E-state index contributed by atoms with van der Waals surface area (Å²) in [6.45, 7) is -0.464. The summed E-state index contributed by atoms with van der Waals surface area (Å²) in [7, 11) is 1.47. The van der Waals surface area contributed by atoms with Crippen LogP contribution in [0.25, 0.3) is 17.1 Å². The zero-order chi connectivity index (χ0) is 20.1. The number of benzene rings is 2. The van der Waals surface area contributed by atoms with Crippen LogP contribution >= 0.6 is 11.6 Å². The molecule has 0 atom stereocenters. The highest BCUT2D eigenvalue weighted by molar-refractivity contribution is 6.32. The van der Waals surface area contributed by atoms with Crippen molar-refractivity contribution in [1.82, 2.24) is 25.0 Å². The van der Waals surface area contributed by atoms with Gasteiger partial charge in [-0.2, -0.15) is 4.68 Å². The normalized spacial score (nSPS) is 10.5. The summed E-state index contributed by atoms with van der Waals surface area (Å²) >= 11 is 6.21. The molecule has 0 aliphatic heterocycles. The maximum atomic E-state index is 13.0. The summed E-state index contributed by atoms with van der Waals surface area (Å²) in [5, 5.41) is 9.64. The van der Waals surface area contributed by atoms with Crippen LogP contribution in [0.15, 0.2) is 59.4 Å². The molecule has 0 saturated heterocycles. The minimum absolute atomic E-state index is 0.177. The lowest BCUT2D eigenvalue weighted by atomic mass is 10.2. The number of aromatic nitrogens is 3. The van der Waals surface area contributed by atoms with Crippen molar-refractivity contribution in [2.45, 2.75) is 6.54 Å². The van der Waals surface area contributed by atoms with E-state index in [9.17, 15) is 14.4 Å². The third-order valence-electron chi connectivity index (χ3n) is 4.00. The van der Waals surface area contributed by atoms with Gasteiger partial charge >= 0.3 is 5.69 Å². The molecule has 8 nitrogen and oxygen atoms in total. The number of carbonyl (C=O) groups is 2. The van der Waals surface area contributed by atoms with E-state index in [0.29, 0.717) is 22.1 Å². The Morgan fingerprint density at radius 2 is 1.71 bits per heavy atom. The van der Waals surface area contributed by atoms with E-state index in [0.717, 1.165) is 4.68 Å². The molecular weight excluding hydrogens is 382 g/mol. The molecule has 144 valence electrons. The summed E-state index contributed by atoms with van der Waals surface area (Å²) in [5.41, 5.74) is 0.572. The average molecular weight is 400 g/mol. The molecule has 1 heterocycles. The maximum absolute atomic E-state index is 13.0. The molecule has 1 aromatic heterocycles. The molecule has 9 heteroatoms. The summed E-state index contributed by atoms with van der Waals surface area (Å²) in [4.78, 5) is 36.6. The van der Waals surface area contributed by atoms with Gasteiger partial charge in [-0.15, -0.1) is 5.10 Å². The minimum Gasteiger partial charge on any atom is -0.358 e. The van der Waals surface area contributed by atoms with Gasteiger partial charge in [0.15, 0.2) is 5.82 Å². The third kappa shape index (κ3) is 4.12. The predicted octanol–water partition coefficient (Wildman–Crippen LogP) is 1.22. The second-order valence-corrected chi connectivity index (χ2v) is 6.28. The molecule has 2 amide bonds. The molecule has 28 heavy (non-hydrogen) atoms. The molecule has 2 aromatic carbocycles. The molecular formula is C19H18ClN5O3. The fourth-order valence-electron chi connectivity index (χ4n) is 2.59. The van der Waals surface area contributed by atoms with Crippen LogP contribution in [0.5, 0.6) is 0 Å². The minimum atomic E-state index is -0.512. The molecule has 0 unspecified atom stereocenters. The molecule has 0 aliphatic rings. The van der Waals surface area contributed by atoms with Crippen molar-refractivity contribution in [1.29, 1.82) is 0 Å². The van der Waals surface area contributed by atoms with Gasteiger partial charge in [0.1, 0.15) is 6.54 Å². The van der Waals surface area contributed by atoms with Crippen LogP contribution in [-0.2, 0) is 16.1 Å². The molecule has 2 N–H and O–H groups in total. The first kappa shape index (κ1) is 19.4. The van der Waals surface area contributed by atoms with Crippen LogP contribution in [0.1, 0.15) is 0 Å². The average Bonchev–Trinajstić information content (AvgIpc) is 3.03. The second kappa shape index (κ2) is 8.53. The molecule has 0 spiro atoms. The number of rotatable bonds is 6. The Hall–Kier alpha value is -3.39.